The standard InChI is InChI=1S/C16H18N2O3/c1-16(2)10-17-7-8-18(16)15(20)14-9-12(19)11-5-3-4-6-13(11)21-14/h3-6,9,17H,7-8,10H2,1-2H3. The first-order valence-electron chi connectivity index (χ1n) is 7.05. The van der Waals surface area contributed by atoms with Gasteiger partial charge in [0.15, 0.2) is 11.2 Å². The van der Waals surface area contributed by atoms with Crippen LogP contribution in [0.25, 0.3) is 11.0 Å². The number of nitrogens with one attached hydrogen (secondary N) is 1. The van der Waals surface area contributed by atoms with E-state index in [1.54, 1.807) is 29.2 Å². The number of carbonyl (C=O) groups is 1. The van der Waals surface area contributed by atoms with Gasteiger partial charge in [-0.25, -0.2) is 0 Å². The van der Waals surface area contributed by atoms with Gasteiger partial charge in [0, 0.05) is 25.7 Å². The van der Waals surface area contributed by atoms with Gasteiger partial charge in [-0.3, -0.25) is 9.59 Å². The van der Waals surface area contributed by atoms with Crippen molar-refractivity contribution in [1.29, 1.82) is 0 Å². The Morgan fingerprint density at radius 2 is 2.10 bits per heavy atom. The van der Waals surface area contributed by atoms with Gasteiger partial charge in [0.2, 0.25) is 0 Å². The summed E-state index contributed by atoms with van der Waals surface area (Å²) in [4.78, 5) is 26.5. The number of rotatable bonds is 1. The van der Waals surface area contributed by atoms with Crippen LogP contribution in [0.4, 0.5) is 0 Å². The van der Waals surface area contributed by atoms with Gasteiger partial charge in [-0.2, -0.15) is 0 Å². The smallest absolute Gasteiger partial charge is 0.290 e. The highest BCUT2D eigenvalue weighted by molar-refractivity contribution is 5.93. The van der Waals surface area contributed by atoms with E-state index in [1.807, 2.05) is 13.8 Å². The van der Waals surface area contributed by atoms with Crippen LogP contribution < -0.4 is 10.7 Å². The second-order valence-corrected chi connectivity index (χ2v) is 5.92. The first-order chi connectivity index (χ1) is 9.99. The molecule has 0 bridgehead atoms. The van der Waals surface area contributed by atoms with Crippen LogP contribution in [0.2, 0.25) is 0 Å². The van der Waals surface area contributed by atoms with E-state index in [0.29, 0.717) is 17.5 Å². The molecule has 110 valence electrons. The van der Waals surface area contributed by atoms with Crippen LogP contribution >= 0.6 is 0 Å². The van der Waals surface area contributed by atoms with E-state index >= 15 is 0 Å². The fraction of sp³-hybridized carbons (Fsp3) is 0.375. The zero-order chi connectivity index (χ0) is 15.0. The van der Waals surface area contributed by atoms with Crippen molar-refractivity contribution in [3.05, 3.63) is 46.3 Å². The molecule has 1 aromatic carbocycles. The third kappa shape index (κ3) is 2.45. The lowest BCUT2D eigenvalue weighted by Gasteiger charge is -2.42. The average molecular weight is 286 g/mol. The third-order valence-corrected chi connectivity index (χ3v) is 3.89. The monoisotopic (exact) mass is 286 g/mol. The molecular formula is C16H18N2O3. The van der Waals surface area contributed by atoms with E-state index in [1.165, 1.54) is 6.07 Å². The van der Waals surface area contributed by atoms with Gasteiger partial charge >= 0.3 is 0 Å². The van der Waals surface area contributed by atoms with Crippen molar-refractivity contribution in [2.45, 2.75) is 19.4 Å². The fourth-order valence-electron chi connectivity index (χ4n) is 2.70. The van der Waals surface area contributed by atoms with Gasteiger partial charge in [0.1, 0.15) is 5.58 Å². The van der Waals surface area contributed by atoms with Crippen LogP contribution in [0.5, 0.6) is 0 Å². The Balaban J connectivity index is 2.04. The molecule has 1 fully saturated rings. The van der Waals surface area contributed by atoms with Crippen molar-refractivity contribution in [3.8, 4) is 0 Å². The summed E-state index contributed by atoms with van der Waals surface area (Å²) >= 11 is 0. The second-order valence-electron chi connectivity index (χ2n) is 5.92. The highest BCUT2D eigenvalue weighted by Gasteiger charge is 2.34. The summed E-state index contributed by atoms with van der Waals surface area (Å²) in [5.74, 6) is -0.127. The molecule has 1 saturated heterocycles. The van der Waals surface area contributed by atoms with Gasteiger partial charge in [0.25, 0.3) is 5.91 Å². The quantitative estimate of drug-likeness (QED) is 0.865. The maximum atomic E-state index is 12.7. The third-order valence-electron chi connectivity index (χ3n) is 3.89. The van der Waals surface area contributed by atoms with E-state index in [2.05, 4.69) is 5.32 Å². The summed E-state index contributed by atoms with van der Waals surface area (Å²) in [6.45, 7) is 6.05. The van der Waals surface area contributed by atoms with E-state index in [9.17, 15) is 9.59 Å². The Kier molecular flexibility index (Phi) is 3.29. The number of piperazine rings is 1. The summed E-state index contributed by atoms with van der Waals surface area (Å²) in [7, 11) is 0. The molecule has 1 aliphatic heterocycles. The predicted octanol–water partition coefficient (Wildman–Crippen LogP) is 1.62. The summed E-state index contributed by atoms with van der Waals surface area (Å²) in [5, 5.41) is 3.76. The number of benzene rings is 1. The van der Waals surface area contributed by atoms with E-state index in [0.717, 1.165) is 13.1 Å². The van der Waals surface area contributed by atoms with Crippen LogP contribution in [-0.4, -0.2) is 36.0 Å². The molecule has 21 heavy (non-hydrogen) atoms. The lowest BCUT2D eigenvalue weighted by atomic mass is 9.99. The largest absolute Gasteiger partial charge is 0.451 e. The Labute approximate surface area is 122 Å². The van der Waals surface area contributed by atoms with Crippen LogP contribution in [0.1, 0.15) is 24.4 Å². The predicted molar refractivity (Wildman–Crippen MR) is 80.5 cm³/mol. The second kappa shape index (κ2) is 5.00. The number of hydrogen-bond donors (Lipinski definition) is 1. The molecule has 5 nitrogen and oxygen atoms in total. The van der Waals surface area contributed by atoms with Crippen molar-refractivity contribution in [2.24, 2.45) is 0 Å². The van der Waals surface area contributed by atoms with Crippen molar-refractivity contribution in [1.82, 2.24) is 10.2 Å². The molecule has 0 aliphatic carbocycles. The molecule has 2 heterocycles. The van der Waals surface area contributed by atoms with Gasteiger partial charge in [0.05, 0.1) is 10.9 Å². The minimum Gasteiger partial charge on any atom is -0.451 e. The topological polar surface area (TPSA) is 62.6 Å². The summed E-state index contributed by atoms with van der Waals surface area (Å²) in [5.41, 5.74) is -0.0473. The summed E-state index contributed by atoms with van der Waals surface area (Å²) < 4.78 is 5.64. The highest BCUT2D eigenvalue weighted by atomic mass is 16.3. The molecule has 0 radical (unpaired) electrons. The lowest BCUT2D eigenvalue weighted by molar-refractivity contribution is 0.0446. The summed E-state index contributed by atoms with van der Waals surface area (Å²) in [6.07, 6.45) is 0. The molecule has 2 aromatic rings. The SMILES string of the molecule is CC1(C)CNCCN1C(=O)c1cc(=O)c2ccccc2o1. The molecule has 3 rings (SSSR count). The molecule has 5 heteroatoms. The van der Waals surface area contributed by atoms with Crippen LogP contribution in [0.15, 0.2) is 39.5 Å². The van der Waals surface area contributed by atoms with Gasteiger partial charge in [-0.1, -0.05) is 12.1 Å². The van der Waals surface area contributed by atoms with Crippen molar-refractivity contribution < 1.29 is 9.21 Å². The first-order valence-corrected chi connectivity index (χ1v) is 7.05. The minimum absolute atomic E-state index is 0.105. The number of nitrogens with zero attached hydrogens (tertiary/aromatic N) is 1. The molecule has 1 N–H and O–H groups in total. The Morgan fingerprint density at radius 3 is 2.86 bits per heavy atom. The van der Waals surface area contributed by atoms with E-state index in [-0.39, 0.29) is 22.6 Å². The Morgan fingerprint density at radius 1 is 1.33 bits per heavy atom. The average Bonchev–Trinajstić information content (AvgIpc) is 2.46. The highest BCUT2D eigenvalue weighted by Crippen LogP contribution is 2.20. The molecule has 0 atom stereocenters. The first kappa shape index (κ1) is 13.8. The van der Waals surface area contributed by atoms with Crippen LogP contribution in [-0.2, 0) is 0 Å². The van der Waals surface area contributed by atoms with E-state index < -0.39 is 0 Å². The molecule has 1 aliphatic rings. The summed E-state index contributed by atoms with van der Waals surface area (Å²) in [6, 6.07) is 8.26. The molecule has 1 aromatic heterocycles. The zero-order valence-electron chi connectivity index (χ0n) is 12.2. The Bertz CT molecular complexity index is 749. The Hall–Kier alpha value is -2.14. The maximum Gasteiger partial charge on any atom is 0.290 e. The number of para-hydroxylation sites is 1. The van der Waals surface area contributed by atoms with Crippen molar-refractivity contribution >= 4 is 16.9 Å². The number of amides is 1. The molecule has 1 amide bonds. The van der Waals surface area contributed by atoms with Gasteiger partial charge < -0.3 is 14.6 Å². The van der Waals surface area contributed by atoms with Crippen molar-refractivity contribution in [2.75, 3.05) is 19.6 Å². The molecule has 0 unspecified atom stereocenters. The van der Waals surface area contributed by atoms with E-state index in [4.69, 9.17) is 4.42 Å². The van der Waals surface area contributed by atoms with Crippen LogP contribution in [0.3, 0.4) is 0 Å². The minimum atomic E-state index is -0.306. The number of fused-ring (bicyclic) bond motifs is 1. The normalized spacial score (nSPS) is 17.9. The van der Waals surface area contributed by atoms with Gasteiger partial charge in [-0.05, 0) is 26.0 Å². The molecule has 0 saturated carbocycles. The van der Waals surface area contributed by atoms with Crippen molar-refractivity contribution in [3.63, 3.8) is 0 Å². The lowest BCUT2D eigenvalue weighted by Crippen LogP contribution is -2.59. The fourth-order valence-corrected chi connectivity index (χ4v) is 2.70. The maximum absolute atomic E-state index is 12.7. The van der Waals surface area contributed by atoms with Crippen LogP contribution in [0, 0.1) is 0 Å². The van der Waals surface area contributed by atoms with Gasteiger partial charge in [-0.15, -0.1) is 0 Å². The zero-order valence-corrected chi connectivity index (χ0v) is 12.2. The molecular weight excluding hydrogens is 268 g/mol. The molecule has 0 spiro atoms. The number of carbonyl (C=O) groups excluding carboxylic acids is 1. The number of hydrogen-bond acceptors (Lipinski definition) is 4.